The number of carbonyl (C=O) groups excluding carboxylic acids is 1. The number of hydrogen-bond donors (Lipinski definition) is 3. The van der Waals surface area contributed by atoms with Crippen LogP contribution < -0.4 is 15.8 Å². The van der Waals surface area contributed by atoms with E-state index in [2.05, 4.69) is 10.0 Å². The van der Waals surface area contributed by atoms with Crippen molar-refractivity contribution in [2.75, 3.05) is 19.6 Å². The number of nitrogens with one attached hydrogen (secondary N) is 2. The van der Waals surface area contributed by atoms with Gasteiger partial charge in [-0.25, -0.2) is 13.1 Å². The van der Waals surface area contributed by atoms with Crippen LogP contribution in [0.5, 0.6) is 0 Å². The molecule has 1 aromatic rings. The Morgan fingerprint density at radius 3 is 2.32 bits per heavy atom. The van der Waals surface area contributed by atoms with Crippen LogP contribution in [0, 0.1) is 5.92 Å². The molecule has 0 unspecified atom stereocenters. The highest BCUT2D eigenvalue weighted by Crippen LogP contribution is 2.11. The molecule has 0 aromatic heterocycles. The van der Waals surface area contributed by atoms with Crippen LogP contribution in [0.15, 0.2) is 29.2 Å². The molecule has 1 aromatic carbocycles. The predicted molar refractivity (Wildman–Crippen MR) is 89.7 cm³/mol. The monoisotopic (exact) mass is 349 g/mol. The SMILES string of the molecule is CC(C)CNS(=O)(=O)c1ccc(C(=O)NCCCN)cc1.Cl. The number of carbonyl (C=O) groups is 1. The van der Waals surface area contributed by atoms with E-state index in [1.54, 1.807) is 0 Å². The van der Waals surface area contributed by atoms with Gasteiger partial charge in [-0.2, -0.15) is 0 Å². The summed E-state index contributed by atoms with van der Waals surface area (Å²) in [6, 6.07) is 5.87. The zero-order valence-corrected chi connectivity index (χ0v) is 14.5. The number of halogens is 1. The van der Waals surface area contributed by atoms with Crippen molar-refractivity contribution in [1.82, 2.24) is 10.0 Å². The number of hydrogen-bond acceptors (Lipinski definition) is 4. The highest BCUT2D eigenvalue weighted by atomic mass is 35.5. The number of amides is 1. The molecule has 4 N–H and O–H groups in total. The van der Waals surface area contributed by atoms with Crippen LogP contribution in [-0.4, -0.2) is 34.0 Å². The Hall–Kier alpha value is -1.15. The van der Waals surface area contributed by atoms with E-state index < -0.39 is 10.0 Å². The number of benzene rings is 1. The Balaban J connectivity index is 0.00000441. The molecule has 0 heterocycles. The highest BCUT2D eigenvalue weighted by Gasteiger charge is 2.14. The molecule has 0 aliphatic rings. The summed E-state index contributed by atoms with van der Waals surface area (Å²) in [5.74, 6) is -0.00471. The Morgan fingerprint density at radius 1 is 1.23 bits per heavy atom. The number of rotatable bonds is 8. The zero-order chi connectivity index (χ0) is 15.9. The Labute approximate surface area is 138 Å². The first-order valence-corrected chi connectivity index (χ1v) is 8.43. The molecule has 0 radical (unpaired) electrons. The minimum atomic E-state index is -3.52. The van der Waals surface area contributed by atoms with Crippen LogP contribution in [0.3, 0.4) is 0 Å². The highest BCUT2D eigenvalue weighted by molar-refractivity contribution is 7.89. The summed E-state index contributed by atoms with van der Waals surface area (Å²) in [5, 5.41) is 2.71. The Morgan fingerprint density at radius 2 is 1.82 bits per heavy atom. The summed E-state index contributed by atoms with van der Waals surface area (Å²) >= 11 is 0. The molecule has 0 atom stereocenters. The fourth-order valence-electron chi connectivity index (χ4n) is 1.55. The fourth-order valence-corrected chi connectivity index (χ4v) is 2.77. The quantitative estimate of drug-likeness (QED) is 0.612. The maximum atomic E-state index is 12.0. The lowest BCUT2D eigenvalue weighted by Gasteiger charge is -2.09. The van der Waals surface area contributed by atoms with Crippen molar-refractivity contribution < 1.29 is 13.2 Å². The molecule has 6 nitrogen and oxygen atoms in total. The molecule has 0 saturated carbocycles. The molecule has 0 fully saturated rings. The smallest absolute Gasteiger partial charge is 0.251 e. The summed E-state index contributed by atoms with van der Waals surface area (Å²) < 4.78 is 26.5. The molecule has 1 rings (SSSR count). The van der Waals surface area contributed by atoms with E-state index in [-0.39, 0.29) is 29.1 Å². The van der Waals surface area contributed by atoms with Crippen molar-refractivity contribution in [1.29, 1.82) is 0 Å². The van der Waals surface area contributed by atoms with Crippen molar-refractivity contribution in [3.63, 3.8) is 0 Å². The van der Waals surface area contributed by atoms with Crippen LogP contribution in [0.4, 0.5) is 0 Å². The van der Waals surface area contributed by atoms with Gasteiger partial charge >= 0.3 is 0 Å². The van der Waals surface area contributed by atoms with Crippen molar-refractivity contribution >= 4 is 28.3 Å². The van der Waals surface area contributed by atoms with E-state index >= 15 is 0 Å². The first-order chi connectivity index (χ1) is 9.86. The van der Waals surface area contributed by atoms with Crippen LogP contribution in [0.25, 0.3) is 0 Å². The molecule has 1 amide bonds. The molecule has 22 heavy (non-hydrogen) atoms. The summed E-state index contributed by atoms with van der Waals surface area (Å²) in [4.78, 5) is 11.9. The van der Waals surface area contributed by atoms with Gasteiger partial charge in [-0.05, 0) is 43.1 Å². The van der Waals surface area contributed by atoms with Gasteiger partial charge in [-0.3, -0.25) is 4.79 Å². The minimum Gasteiger partial charge on any atom is -0.352 e. The molecule has 0 aliphatic carbocycles. The lowest BCUT2D eigenvalue weighted by molar-refractivity contribution is 0.0953. The molecule has 8 heteroatoms. The third kappa shape index (κ3) is 6.74. The zero-order valence-electron chi connectivity index (χ0n) is 12.8. The lowest BCUT2D eigenvalue weighted by Crippen LogP contribution is -2.28. The van der Waals surface area contributed by atoms with Crippen molar-refractivity contribution in [2.24, 2.45) is 11.7 Å². The van der Waals surface area contributed by atoms with E-state index in [1.807, 2.05) is 13.8 Å². The largest absolute Gasteiger partial charge is 0.352 e. The van der Waals surface area contributed by atoms with Crippen molar-refractivity contribution in [2.45, 2.75) is 25.2 Å². The third-order valence-electron chi connectivity index (χ3n) is 2.77. The Kier molecular flexibility index (Phi) is 9.27. The van der Waals surface area contributed by atoms with Gasteiger partial charge in [0.15, 0.2) is 0 Å². The Bertz CT molecular complexity index is 559. The van der Waals surface area contributed by atoms with Gasteiger partial charge in [0.25, 0.3) is 5.91 Å². The van der Waals surface area contributed by atoms with Gasteiger partial charge < -0.3 is 11.1 Å². The van der Waals surface area contributed by atoms with Gasteiger partial charge in [-0.1, -0.05) is 13.8 Å². The number of sulfonamides is 1. The van der Waals surface area contributed by atoms with Crippen LogP contribution in [-0.2, 0) is 10.0 Å². The maximum absolute atomic E-state index is 12.0. The maximum Gasteiger partial charge on any atom is 0.251 e. The molecule has 0 aliphatic heterocycles. The lowest BCUT2D eigenvalue weighted by atomic mass is 10.2. The molecule has 0 bridgehead atoms. The van der Waals surface area contributed by atoms with E-state index in [0.29, 0.717) is 31.6 Å². The van der Waals surface area contributed by atoms with Crippen LogP contribution >= 0.6 is 12.4 Å². The summed E-state index contributed by atoms with van der Waals surface area (Å²) in [7, 11) is -3.52. The molecule has 0 spiro atoms. The first kappa shape index (κ1) is 20.9. The average Bonchev–Trinajstić information content (AvgIpc) is 2.45. The normalized spacial score (nSPS) is 11.1. The second-order valence-electron chi connectivity index (χ2n) is 5.17. The number of nitrogens with two attached hydrogens (primary N) is 1. The van der Waals surface area contributed by atoms with E-state index in [1.165, 1.54) is 24.3 Å². The first-order valence-electron chi connectivity index (χ1n) is 6.95. The molecule has 0 saturated heterocycles. The summed E-state index contributed by atoms with van der Waals surface area (Å²) in [6.07, 6.45) is 0.706. The van der Waals surface area contributed by atoms with Crippen LogP contribution in [0.1, 0.15) is 30.6 Å². The van der Waals surface area contributed by atoms with Crippen LogP contribution in [0.2, 0.25) is 0 Å². The minimum absolute atomic E-state index is 0. The second kappa shape index (κ2) is 9.78. The van der Waals surface area contributed by atoms with Crippen molar-refractivity contribution in [3.8, 4) is 0 Å². The molecule has 126 valence electrons. The van der Waals surface area contributed by atoms with Gasteiger partial charge in [-0.15, -0.1) is 12.4 Å². The summed E-state index contributed by atoms with van der Waals surface area (Å²) in [5.41, 5.74) is 5.77. The third-order valence-corrected chi connectivity index (χ3v) is 4.21. The summed E-state index contributed by atoms with van der Waals surface area (Å²) in [6.45, 7) is 5.25. The van der Waals surface area contributed by atoms with Gasteiger partial charge in [0.2, 0.25) is 10.0 Å². The second-order valence-corrected chi connectivity index (χ2v) is 6.94. The van der Waals surface area contributed by atoms with Crippen molar-refractivity contribution in [3.05, 3.63) is 29.8 Å². The predicted octanol–water partition coefficient (Wildman–Crippen LogP) is 1.12. The average molecular weight is 350 g/mol. The van der Waals surface area contributed by atoms with Gasteiger partial charge in [0.05, 0.1) is 4.90 Å². The van der Waals surface area contributed by atoms with E-state index in [4.69, 9.17) is 5.73 Å². The van der Waals surface area contributed by atoms with E-state index in [9.17, 15) is 13.2 Å². The standard InChI is InChI=1S/C14H23N3O3S.ClH/c1-11(2)10-17-21(19,20)13-6-4-12(5-7-13)14(18)16-9-3-8-15;/h4-7,11,17H,3,8-10,15H2,1-2H3,(H,16,18);1H. The molecular weight excluding hydrogens is 326 g/mol. The fraction of sp³-hybridized carbons (Fsp3) is 0.500. The van der Waals surface area contributed by atoms with Gasteiger partial charge in [0.1, 0.15) is 0 Å². The topological polar surface area (TPSA) is 101 Å². The van der Waals surface area contributed by atoms with E-state index in [0.717, 1.165) is 0 Å². The van der Waals surface area contributed by atoms with Gasteiger partial charge in [0, 0.05) is 18.7 Å². The molecular formula is C14H24ClN3O3S.